The molecule has 0 radical (unpaired) electrons. The Labute approximate surface area is 139 Å². The fraction of sp³-hybridized carbons (Fsp3) is 0.125. The van der Waals surface area contributed by atoms with E-state index in [1.54, 1.807) is 43.3 Å². The molecule has 0 aliphatic rings. The van der Waals surface area contributed by atoms with Crippen molar-refractivity contribution in [2.75, 3.05) is 11.8 Å². The number of anilines is 1. The van der Waals surface area contributed by atoms with E-state index in [4.69, 9.17) is 9.26 Å². The van der Waals surface area contributed by atoms with Crippen LogP contribution in [0.1, 0.15) is 5.82 Å². The maximum atomic E-state index is 12.4. The van der Waals surface area contributed by atoms with Gasteiger partial charge >= 0.3 is 0 Å². The van der Waals surface area contributed by atoms with Gasteiger partial charge in [-0.05, 0) is 49.4 Å². The highest BCUT2D eigenvalue weighted by molar-refractivity contribution is 7.92. The molecule has 24 heavy (non-hydrogen) atoms. The number of benzene rings is 2. The van der Waals surface area contributed by atoms with Crippen molar-refractivity contribution >= 4 is 15.7 Å². The lowest BCUT2D eigenvalue weighted by Gasteiger charge is -2.09. The van der Waals surface area contributed by atoms with Crippen molar-refractivity contribution in [3.05, 3.63) is 54.4 Å². The van der Waals surface area contributed by atoms with Crippen LogP contribution in [0.15, 0.2) is 57.9 Å². The molecule has 0 fully saturated rings. The van der Waals surface area contributed by atoms with Crippen molar-refractivity contribution in [3.8, 4) is 17.2 Å². The summed E-state index contributed by atoms with van der Waals surface area (Å²) in [6.45, 7) is 1.71. The van der Waals surface area contributed by atoms with Crippen molar-refractivity contribution in [2.45, 2.75) is 11.8 Å². The summed E-state index contributed by atoms with van der Waals surface area (Å²) in [6, 6.07) is 12.9. The average molecular weight is 345 g/mol. The van der Waals surface area contributed by atoms with Gasteiger partial charge in [-0.3, -0.25) is 4.72 Å². The molecule has 0 aliphatic heterocycles. The first kappa shape index (κ1) is 16.0. The van der Waals surface area contributed by atoms with Crippen molar-refractivity contribution in [1.29, 1.82) is 0 Å². The maximum absolute atomic E-state index is 12.4. The summed E-state index contributed by atoms with van der Waals surface area (Å²) < 4.78 is 37.6. The Bertz CT molecular complexity index is 949. The van der Waals surface area contributed by atoms with Crippen LogP contribution in [0, 0.1) is 6.92 Å². The summed E-state index contributed by atoms with van der Waals surface area (Å²) in [5.74, 6) is 1.43. The smallest absolute Gasteiger partial charge is 0.261 e. The van der Waals surface area contributed by atoms with E-state index in [0.717, 1.165) is 0 Å². The number of nitrogens with one attached hydrogen (secondary N) is 1. The zero-order valence-corrected chi connectivity index (χ0v) is 13.9. The van der Waals surface area contributed by atoms with Crippen LogP contribution in [0.3, 0.4) is 0 Å². The molecule has 0 unspecified atom stereocenters. The predicted octanol–water partition coefficient (Wildman–Crippen LogP) is 2.85. The fourth-order valence-electron chi connectivity index (χ4n) is 2.10. The van der Waals surface area contributed by atoms with E-state index in [0.29, 0.717) is 28.7 Å². The zero-order valence-electron chi connectivity index (χ0n) is 13.1. The summed E-state index contributed by atoms with van der Waals surface area (Å²) in [5.41, 5.74) is 1.03. The second kappa shape index (κ2) is 6.32. The van der Waals surface area contributed by atoms with Gasteiger partial charge in [0.15, 0.2) is 5.82 Å². The van der Waals surface area contributed by atoms with Gasteiger partial charge in [0.2, 0.25) is 0 Å². The average Bonchev–Trinajstić information content (AvgIpc) is 3.01. The molecule has 0 saturated carbocycles. The molecule has 0 aliphatic carbocycles. The van der Waals surface area contributed by atoms with E-state index >= 15 is 0 Å². The van der Waals surface area contributed by atoms with E-state index in [9.17, 15) is 8.42 Å². The first-order valence-electron chi connectivity index (χ1n) is 7.05. The van der Waals surface area contributed by atoms with Crippen LogP contribution in [0.25, 0.3) is 11.5 Å². The fourth-order valence-corrected chi connectivity index (χ4v) is 3.15. The molecule has 124 valence electrons. The lowest BCUT2D eigenvalue weighted by Crippen LogP contribution is -2.12. The SMILES string of the molecule is COc1ccc(S(=O)(=O)Nc2cccc(-c3nc(C)no3)c2)cc1. The molecule has 1 N–H and O–H groups in total. The van der Waals surface area contributed by atoms with E-state index in [1.807, 2.05) is 0 Å². The lowest BCUT2D eigenvalue weighted by atomic mass is 10.2. The lowest BCUT2D eigenvalue weighted by molar-refractivity contribution is 0.414. The zero-order chi connectivity index (χ0) is 17.2. The molecule has 0 spiro atoms. The first-order valence-corrected chi connectivity index (χ1v) is 8.54. The van der Waals surface area contributed by atoms with Gasteiger partial charge < -0.3 is 9.26 Å². The number of methoxy groups -OCH3 is 1. The third-order valence-electron chi connectivity index (χ3n) is 3.26. The Morgan fingerprint density at radius 3 is 2.50 bits per heavy atom. The normalized spacial score (nSPS) is 11.2. The number of ether oxygens (including phenoxy) is 1. The molecule has 0 saturated heterocycles. The van der Waals surface area contributed by atoms with Crippen molar-refractivity contribution in [1.82, 2.24) is 10.1 Å². The van der Waals surface area contributed by atoms with Crippen LogP contribution in [-0.2, 0) is 10.0 Å². The number of hydrogen-bond donors (Lipinski definition) is 1. The topological polar surface area (TPSA) is 94.3 Å². The molecule has 1 heterocycles. The molecule has 0 amide bonds. The van der Waals surface area contributed by atoms with Crippen LogP contribution < -0.4 is 9.46 Å². The number of aromatic nitrogens is 2. The minimum atomic E-state index is -3.70. The molecular weight excluding hydrogens is 330 g/mol. The number of aryl methyl sites for hydroxylation is 1. The van der Waals surface area contributed by atoms with Crippen LogP contribution in [0.4, 0.5) is 5.69 Å². The third kappa shape index (κ3) is 3.38. The summed E-state index contributed by atoms with van der Waals surface area (Å²) in [7, 11) is -2.18. The Kier molecular flexibility index (Phi) is 4.22. The highest BCUT2D eigenvalue weighted by atomic mass is 32.2. The summed E-state index contributed by atoms with van der Waals surface area (Å²) in [6.07, 6.45) is 0. The van der Waals surface area contributed by atoms with Gasteiger partial charge in [-0.2, -0.15) is 4.98 Å². The molecular formula is C16H15N3O4S. The second-order valence-electron chi connectivity index (χ2n) is 5.01. The monoisotopic (exact) mass is 345 g/mol. The Morgan fingerprint density at radius 2 is 1.88 bits per heavy atom. The molecule has 0 bridgehead atoms. The van der Waals surface area contributed by atoms with Crippen LogP contribution in [0.5, 0.6) is 5.75 Å². The van der Waals surface area contributed by atoms with E-state index in [2.05, 4.69) is 14.9 Å². The Balaban J connectivity index is 1.87. The minimum Gasteiger partial charge on any atom is -0.497 e. The van der Waals surface area contributed by atoms with Gasteiger partial charge in [0.1, 0.15) is 5.75 Å². The number of sulfonamides is 1. The van der Waals surface area contributed by atoms with Gasteiger partial charge in [-0.25, -0.2) is 8.42 Å². The highest BCUT2D eigenvalue weighted by Crippen LogP contribution is 2.23. The predicted molar refractivity (Wildman–Crippen MR) is 88.3 cm³/mol. The van der Waals surface area contributed by atoms with E-state index in [1.165, 1.54) is 19.2 Å². The molecule has 8 heteroatoms. The minimum absolute atomic E-state index is 0.141. The Morgan fingerprint density at radius 1 is 1.12 bits per heavy atom. The van der Waals surface area contributed by atoms with Crippen molar-refractivity contribution in [3.63, 3.8) is 0 Å². The molecule has 7 nitrogen and oxygen atoms in total. The standard InChI is InChI=1S/C16H15N3O4S/c1-11-17-16(23-18-11)12-4-3-5-13(10-12)19-24(20,21)15-8-6-14(22-2)7-9-15/h3-10,19H,1-2H3. The van der Waals surface area contributed by atoms with Crippen molar-refractivity contribution in [2.24, 2.45) is 0 Å². The second-order valence-corrected chi connectivity index (χ2v) is 6.69. The van der Waals surface area contributed by atoms with Crippen LogP contribution >= 0.6 is 0 Å². The Hall–Kier alpha value is -2.87. The quantitative estimate of drug-likeness (QED) is 0.764. The molecule has 0 atom stereocenters. The highest BCUT2D eigenvalue weighted by Gasteiger charge is 2.15. The van der Waals surface area contributed by atoms with Gasteiger partial charge in [0.05, 0.1) is 12.0 Å². The third-order valence-corrected chi connectivity index (χ3v) is 4.66. The molecule has 3 aromatic rings. The number of hydrogen-bond acceptors (Lipinski definition) is 6. The van der Waals surface area contributed by atoms with E-state index in [-0.39, 0.29) is 4.90 Å². The molecule has 1 aromatic heterocycles. The van der Waals surface area contributed by atoms with Gasteiger partial charge in [-0.1, -0.05) is 11.2 Å². The largest absolute Gasteiger partial charge is 0.497 e. The maximum Gasteiger partial charge on any atom is 0.261 e. The summed E-state index contributed by atoms with van der Waals surface area (Å²) in [5, 5.41) is 3.72. The van der Waals surface area contributed by atoms with Gasteiger partial charge in [0, 0.05) is 11.3 Å². The first-order chi connectivity index (χ1) is 11.5. The van der Waals surface area contributed by atoms with E-state index < -0.39 is 10.0 Å². The summed E-state index contributed by atoms with van der Waals surface area (Å²) in [4.78, 5) is 4.27. The van der Waals surface area contributed by atoms with Gasteiger partial charge in [-0.15, -0.1) is 0 Å². The number of rotatable bonds is 5. The van der Waals surface area contributed by atoms with Gasteiger partial charge in [0.25, 0.3) is 15.9 Å². The molecule has 3 rings (SSSR count). The van der Waals surface area contributed by atoms with Crippen molar-refractivity contribution < 1.29 is 17.7 Å². The van der Waals surface area contributed by atoms with Crippen LogP contribution in [-0.4, -0.2) is 25.7 Å². The molecule has 2 aromatic carbocycles. The summed E-state index contributed by atoms with van der Waals surface area (Å²) >= 11 is 0. The van der Waals surface area contributed by atoms with Crippen LogP contribution in [0.2, 0.25) is 0 Å². The number of nitrogens with zero attached hydrogens (tertiary/aromatic N) is 2.